The molecule has 0 amide bonds. The molecule has 0 aliphatic heterocycles. The van der Waals surface area contributed by atoms with Gasteiger partial charge in [0.05, 0.1) is 5.56 Å². The summed E-state index contributed by atoms with van der Waals surface area (Å²) in [5.74, 6) is -2.27. The van der Waals surface area contributed by atoms with Gasteiger partial charge >= 0.3 is 5.97 Å². The molecule has 0 saturated carbocycles. The lowest BCUT2D eigenvalue weighted by Gasteiger charge is -2.05. The summed E-state index contributed by atoms with van der Waals surface area (Å²) in [5, 5.41) is 0. The first-order chi connectivity index (χ1) is 8.56. The summed E-state index contributed by atoms with van der Waals surface area (Å²) in [5.41, 5.74) is -0.306. The second-order valence-corrected chi connectivity index (χ2v) is 4.38. The highest BCUT2D eigenvalue weighted by atomic mass is 79.9. The van der Waals surface area contributed by atoms with Crippen LogP contribution < -0.4 is 4.74 Å². The van der Waals surface area contributed by atoms with Crippen molar-refractivity contribution in [2.45, 2.75) is 0 Å². The molecule has 0 N–H and O–H groups in total. The molecule has 5 heteroatoms. The second kappa shape index (κ2) is 5.27. The number of hydrogen-bond donors (Lipinski definition) is 0. The second-order valence-electron chi connectivity index (χ2n) is 3.47. The fourth-order valence-corrected chi connectivity index (χ4v) is 1.58. The summed E-state index contributed by atoms with van der Waals surface area (Å²) in [6, 6.07) is 9.17. The number of ether oxygens (including phenoxy) is 1. The molecule has 2 aromatic carbocycles. The van der Waals surface area contributed by atoms with E-state index in [0.717, 1.165) is 16.6 Å². The summed E-state index contributed by atoms with van der Waals surface area (Å²) in [4.78, 5) is 11.6. The van der Waals surface area contributed by atoms with Gasteiger partial charge in [0.25, 0.3) is 0 Å². The van der Waals surface area contributed by atoms with Crippen molar-refractivity contribution >= 4 is 21.9 Å². The van der Waals surface area contributed by atoms with Crippen molar-refractivity contribution in [1.29, 1.82) is 0 Å². The molecule has 2 rings (SSSR count). The van der Waals surface area contributed by atoms with E-state index in [1.54, 1.807) is 24.3 Å². The third kappa shape index (κ3) is 2.92. The molecular weight excluding hydrogens is 306 g/mol. The van der Waals surface area contributed by atoms with Crippen molar-refractivity contribution in [1.82, 2.24) is 0 Å². The average molecular weight is 313 g/mol. The van der Waals surface area contributed by atoms with E-state index in [1.165, 1.54) is 0 Å². The Morgan fingerprint density at radius 2 is 1.72 bits per heavy atom. The summed E-state index contributed by atoms with van der Waals surface area (Å²) in [6.07, 6.45) is 0. The maximum absolute atomic E-state index is 13.3. The van der Waals surface area contributed by atoms with Crippen LogP contribution in [0, 0.1) is 11.6 Å². The average Bonchev–Trinajstić information content (AvgIpc) is 2.32. The highest BCUT2D eigenvalue weighted by Gasteiger charge is 2.14. The van der Waals surface area contributed by atoms with Gasteiger partial charge in [0.15, 0.2) is 0 Å². The van der Waals surface area contributed by atoms with E-state index in [1.807, 2.05) is 0 Å². The molecule has 18 heavy (non-hydrogen) atoms. The zero-order valence-corrected chi connectivity index (χ0v) is 10.6. The first kappa shape index (κ1) is 12.7. The molecular formula is C13H7BrF2O2. The van der Waals surface area contributed by atoms with Crippen LogP contribution in [-0.2, 0) is 0 Å². The lowest BCUT2D eigenvalue weighted by molar-refractivity contribution is 0.0730. The molecule has 0 unspecified atom stereocenters. The largest absolute Gasteiger partial charge is 0.423 e. The van der Waals surface area contributed by atoms with Gasteiger partial charge in [0.1, 0.15) is 17.4 Å². The highest BCUT2D eigenvalue weighted by molar-refractivity contribution is 9.10. The Morgan fingerprint density at radius 1 is 1.06 bits per heavy atom. The van der Waals surface area contributed by atoms with Crippen LogP contribution in [-0.4, -0.2) is 5.97 Å². The van der Waals surface area contributed by atoms with Crippen LogP contribution in [0.15, 0.2) is 46.9 Å². The minimum Gasteiger partial charge on any atom is -0.423 e. The van der Waals surface area contributed by atoms with E-state index in [-0.39, 0.29) is 11.3 Å². The third-order valence-electron chi connectivity index (χ3n) is 2.18. The molecule has 0 bridgehead atoms. The summed E-state index contributed by atoms with van der Waals surface area (Å²) >= 11 is 3.23. The zero-order valence-electron chi connectivity index (χ0n) is 8.99. The molecule has 92 valence electrons. The minimum absolute atomic E-state index is 0.284. The zero-order chi connectivity index (χ0) is 13.1. The van der Waals surface area contributed by atoms with E-state index in [4.69, 9.17) is 4.74 Å². The number of hydrogen-bond acceptors (Lipinski definition) is 2. The number of halogens is 3. The van der Waals surface area contributed by atoms with Crippen molar-refractivity contribution in [2.24, 2.45) is 0 Å². The van der Waals surface area contributed by atoms with Crippen LogP contribution in [0.1, 0.15) is 10.4 Å². The van der Waals surface area contributed by atoms with Gasteiger partial charge in [-0.15, -0.1) is 0 Å². The predicted molar refractivity (Wildman–Crippen MR) is 65.5 cm³/mol. The van der Waals surface area contributed by atoms with E-state index in [0.29, 0.717) is 6.07 Å². The number of carbonyl (C=O) groups is 1. The number of benzene rings is 2. The van der Waals surface area contributed by atoms with Gasteiger partial charge in [-0.1, -0.05) is 15.9 Å². The first-order valence-electron chi connectivity index (χ1n) is 4.99. The predicted octanol–water partition coefficient (Wildman–Crippen LogP) is 3.95. The van der Waals surface area contributed by atoms with Crippen molar-refractivity contribution in [3.8, 4) is 5.75 Å². The molecule has 0 heterocycles. The number of esters is 1. The maximum atomic E-state index is 13.3. The van der Waals surface area contributed by atoms with Gasteiger partial charge in [-0.3, -0.25) is 0 Å². The fourth-order valence-electron chi connectivity index (χ4n) is 1.32. The molecule has 0 radical (unpaired) electrons. The molecule has 0 aliphatic rings. The summed E-state index contributed by atoms with van der Waals surface area (Å²) in [7, 11) is 0. The number of carbonyl (C=O) groups excluding carboxylic acids is 1. The molecule has 0 atom stereocenters. The molecule has 0 spiro atoms. The first-order valence-corrected chi connectivity index (χ1v) is 5.78. The SMILES string of the molecule is O=C(Oc1ccc(Br)cc1)c1ccc(F)cc1F. The van der Waals surface area contributed by atoms with Crippen LogP contribution >= 0.6 is 15.9 Å². The van der Waals surface area contributed by atoms with E-state index in [9.17, 15) is 13.6 Å². The molecule has 0 aromatic heterocycles. The van der Waals surface area contributed by atoms with E-state index in [2.05, 4.69) is 15.9 Å². The van der Waals surface area contributed by atoms with Crippen molar-refractivity contribution in [3.63, 3.8) is 0 Å². The Bertz CT molecular complexity index is 582. The Balaban J connectivity index is 2.19. The monoisotopic (exact) mass is 312 g/mol. The molecule has 0 aliphatic carbocycles. The lowest BCUT2D eigenvalue weighted by atomic mass is 10.2. The van der Waals surface area contributed by atoms with Gasteiger partial charge < -0.3 is 4.74 Å². The minimum atomic E-state index is -0.947. The quantitative estimate of drug-likeness (QED) is 0.620. The fraction of sp³-hybridized carbons (Fsp3) is 0. The molecule has 2 nitrogen and oxygen atoms in total. The Morgan fingerprint density at radius 3 is 2.33 bits per heavy atom. The van der Waals surface area contributed by atoms with Crippen LogP contribution in [0.25, 0.3) is 0 Å². The van der Waals surface area contributed by atoms with Gasteiger partial charge in [0.2, 0.25) is 0 Å². The normalized spacial score (nSPS) is 10.2. The molecule has 0 fully saturated rings. The van der Waals surface area contributed by atoms with Gasteiger partial charge in [-0.05, 0) is 36.4 Å². The molecule has 0 saturated heterocycles. The van der Waals surface area contributed by atoms with Gasteiger partial charge in [0, 0.05) is 10.5 Å². The topological polar surface area (TPSA) is 26.3 Å². The maximum Gasteiger partial charge on any atom is 0.346 e. The van der Waals surface area contributed by atoms with E-state index >= 15 is 0 Å². The van der Waals surface area contributed by atoms with Crippen LogP contribution in [0.4, 0.5) is 8.78 Å². The lowest BCUT2D eigenvalue weighted by Crippen LogP contribution is -2.10. The van der Waals surface area contributed by atoms with Crippen molar-refractivity contribution in [2.75, 3.05) is 0 Å². The standard InChI is InChI=1S/C13H7BrF2O2/c14-8-1-4-10(5-2-8)18-13(17)11-6-3-9(15)7-12(11)16/h1-7H. The Labute approximate surface area is 110 Å². The Kier molecular flexibility index (Phi) is 3.72. The van der Waals surface area contributed by atoms with Crippen LogP contribution in [0.5, 0.6) is 5.75 Å². The summed E-state index contributed by atoms with van der Waals surface area (Å²) in [6.45, 7) is 0. The Hall–Kier alpha value is -1.75. The summed E-state index contributed by atoms with van der Waals surface area (Å²) < 4.78 is 31.8. The van der Waals surface area contributed by atoms with Crippen LogP contribution in [0.3, 0.4) is 0 Å². The highest BCUT2D eigenvalue weighted by Crippen LogP contribution is 2.18. The van der Waals surface area contributed by atoms with Gasteiger partial charge in [-0.2, -0.15) is 0 Å². The number of rotatable bonds is 2. The molecule has 2 aromatic rings. The van der Waals surface area contributed by atoms with Crippen molar-refractivity contribution in [3.05, 3.63) is 64.1 Å². The third-order valence-corrected chi connectivity index (χ3v) is 2.70. The van der Waals surface area contributed by atoms with Crippen molar-refractivity contribution < 1.29 is 18.3 Å². The van der Waals surface area contributed by atoms with Gasteiger partial charge in [-0.25, -0.2) is 13.6 Å². The van der Waals surface area contributed by atoms with E-state index < -0.39 is 17.6 Å². The van der Waals surface area contributed by atoms with Crippen LogP contribution in [0.2, 0.25) is 0 Å². The smallest absolute Gasteiger partial charge is 0.346 e.